The molecule has 0 saturated heterocycles. The molecule has 0 bridgehead atoms. The molecule has 0 radical (unpaired) electrons. The number of aromatic amines is 1. The predicted molar refractivity (Wildman–Crippen MR) is 71.2 cm³/mol. The van der Waals surface area contributed by atoms with Crippen molar-refractivity contribution in [1.29, 1.82) is 0 Å². The maximum Gasteiger partial charge on any atom is 0.376 e. The molecule has 2 N–H and O–H groups in total. The van der Waals surface area contributed by atoms with Crippen molar-refractivity contribution in [3.8, 4) is 0 Å². The Morgan fingerprint density at radius 3 is 2.85 bits per heavy atom. The van der Waals surface area contributed by atoms with Gasteiger partial charge in [0.05, 0.1) is 11.3 Å². The van der Waals surface area contributed by atoms with Gasteiger partial charge in [0.25, 0.3) is 0 Å². The molecule has 2 aromatic rings. The van der Waals surface area contributed by atoms with E-state index in [0.29, 0.717) is 11.3 Å². The number of hydrogen-bond donors (Lipinski definition) is 2. The lowest BCUT2D eigenvalue weighted by atomic mass is 10.1. The Morgan fingerprint density at radius 1 is 1.45 bits per heavy atom. The lowest BCUT2D eigenvalue weighted by molar-refractivity contribution is -0.385. The van der Waals surface area contributed by atoms with E-state index in [1.807, 2.05) is 0 Å². The number of benzene rings is 1. The molecular weight excluding hydrogens is 264 g/mol. The molecule has 0 amide bonds. The van der Waals surface area contributed by atoms with Gasteiger partial charge in [-0.25, -0.2) is 4.98 Å². The molecule has 0 aliphatic rings. The predicted octanol–water partition coefficient (Wildman–Crippen LogP) is 1.62. The van der Waals surface area contributed by atoms with E-state index < -0.39 is 16.2 Å². The lowest BCUT2D eigenvalue weighted by Gasteiger charge is -2.06. The number of nitrogens with one attached hydrogen (secondary N) is 2. The SMILES string of the molecule is CC(=O)c1cccc(Nc2nc[nH]c(=O)c2[N+](=O)[O-])c1. The fraction of sp³-hybridized carbons (Fsp3) is 0.0833. The number of carbonyl (C=O) groups excluding carboxylic acids is 1. The average Bonchev–Trinajstić information content (AvgIpc) is 2.38. The molecule has 8 nitrogen and oxygen atoms in total. The van der Waals surface area contributed by atoms with Crippen molar-refractivity contribution < 1.29 is 9.72 Å². The summed E-state index contributed by atoms with van der Waals surface area (Å²) in [4.78, 5) is 38.6. The molecule has 8 heteroatoms. The van der Waals surface area contributed by atoms with Gasteiger partial charge in [-0.15, -0.1) is 0 Å². The van der Waals surface area contributed by atoms with E-state index in [4.69, 9.17) is 0 Å². The number of Topliss-reactive ketones (excluding diaryl/α,β-unsaturated/α-hetero) is 1. The van der Waals surface area contributed by atoms with E-state index in [-0.39, 0.29) is 11.6 Å². The van der Waals surface area contributed by atoms with Crippen LogP contribution >= 0.6 is 0 Å². The first-order valence-corrected chi connectivity index (χ1v) is 5.59. The number of nitrogens with zero attached hydrogens (tertiary/aromatic N) is 2. The molecule has 0 fully saturated rings. The summed E-state index contributed by atoms with van der Waals surface area (Å²) < 4.78 is 0. The van der Waals surface area contributed by atoms with Gasteiger partial charge in [0.15, 0.2) is 5.78 Å². The number of hydrogen-bond acceptors (Lipinski definition) is 6. The summed E-state index contributed by atoms with van der Waals surface area (Å²) in [6.07, 6.45) is 1.06. The Morgan fingerprint density at radius 2 is 2.20 bits per heavy atom. The van der Waals surface area contributed by atoms with Crippen LogP contribution in [0.2, 0.25) is 0 Å². The summed E-state index contributed by atoms with van der Waals surface area (Å²) in [5, 5.41) is 13.5. The molecule has 0 aliphatic carbocycles. The Labute approximate surface area is 112 Å². The second-order valence-corrected chi connectivity index (χ2v) is 3.95. The maximum absolute atomic E-state index is 11.4. The fourth-order valence-electron chi connectivity index (χ4n) is 1.61. The zero-order valence-electron chi connectivity index (χ0n) is 10.4. The zero-order chi connectivity index (χ0) is 14.7. The highest BCUT2D eigenvalue weighted by Crippen LogP contribution is 2.21. The van der Waals surface area contributed by atoms with Crippen molar-refractivity contribution in [2.75, 3.05) is 5.32 Å². The number of H-pyrrole nitrogens is 1. The standard InChI is InChI=1S/C12H10N4O4/c1-7(17)8-3-2-4-9(5-8)15-11-10(16(19)20)12(18)14-6-13-11/h2-6H,1H3,(H2,13,14,15,18). The van der Waals surface area contributed by atoms with Crippen LogP contribution in [0.1, 0.15) is 17.3 Å². The van der Waals surface area contributed by atoms with Crippen LogP contribution in [0.3, 0.4) is 0 Å². The summed E-state index contributed by atoms with van der Waals surface area (Å²) in [5.74, 6) is -0.318. The number of ketones is 1. The van der Waals surface area contributed by atoms with Crippen molar-refractivity contribution in [1.82, 2.24) is 9.97 Å². The minimum Gasteiger partial charge on any atom is -0.334 e. The third-order valence-corrected chi connectivity index (χ3v) is 2.54. The van der Waals surface area contributed by atoms with Crippen LogP contribution in [0.4, 0.5) is 17.2 Å². The number of carbonyl (C=O) groups is 1. The van der Waals surface area contributed by atoms with Crippen molar-refractivity contribution in [3.63, 3.8) is 0 Å². The molecule has 20 heavy (non-hydrogen) atoms. The van der Waals surface area contributed by atoms with E-state index in [0.717, 1.165) is 6.33 Å². The molecule has 0 atom stereocenters. The molecule has 1 aromatic heterocycles. The van der Waals surface area contributed by atoms with Crippen LogP contribution in [0, 0.1) is 10.1 Å². The van der Waals surface area contributed by atoms with Crippen molar-refractivity contribution >= 4 is 23.0 Å². The highest BCUT2D eigenvalue weighted by molar-refractivity contribution is 5.95. The molecule has 1 heterocycles. The van der Waals surface area contributed by atoms with Crippen molar-refractivity contribution in [2.24, 2.45) is 0 Å². The average molecular weight is 274 g/mol. The third kappa shape index (κ3) is 2.69. The van der Waals surface area contributed by atoms with E-state index in [1.54, 1.807) is 18.2 Å². The Kier molecular flexibility index (Phi) is 3.56. The molecule has 2 rings (SSSR count). The second-order valence-electron chi connectivity index (χ2n) is 3.95. The van der Waals surface area contributed by atoms with Crippen LogP contribution in [0.25, 0.3) is 0 Å². The molecular formula is C12H10N4O4. The summed E-state index contributed by atoms with van der Waals surface area (Å²) in [5.41, 5.74) is -0.655. The molecule has 0 spiro atoms. The zero-order valence-corrected chi connectivity index (χ0v) is 10.4. The highest BCUT2D eigenvalue weighted by atomic mass is 16.6. The van der Waals surface area contributed by atoms with Gasteiger partial charge in [-0.1, -0.05) is 12.1 Å². The topological polar surface area (TPSA) is 118 Å². The van der Waals surface area contributed by atoms with Crippen LogP contribution in [-0.2, 0) is 0 Å². The first-order chi connectivity index (χ1) is 9.49. The number of anilines is 2. The van der Waals surface area contributed by atoms with Gasteiger partial charge in [-0.05, 0) is 19.1 Å². The first kappa shape index (κ1) is 13.4. The van der Waals surface area contributed by atoms with E-state index >= 15 is 0 Å². The van der Waals surface area contributed by atoms with Gasteiger partial charge in [-0.2, -0.15) is 0 Å². The van der Waals surface area contributed by atoms with Crippen molar-refractivity contribution in [3.05, 3.63) is 56.6 Å². The number of aromatic nitrogens is 2. The Bertz CT molecular complexity index is 738. The van der Waals surface area contributed by atoms with Gasteiger partial charge in [0.2, 0.25) is 5.82 Å². The van der Waals surface area contributed by atoms with Crippen molar-refractivity contribution in [2.45, 2.75) is 6.92 Å². The quantitative estimate of drug-likeness (QED) is 0.497. The van der Waals surface area contributed by atoms with Gasteiger partial charge in [0.1, 0.15) is 0 Å². The molecule has 0 saturated carbocycles. The summed E-state index contributed by atoms with van der Waals surface area (Å²) in [6, 6.07) is 6.37. The van der Waals surface area contributed by atoms with Gasteiger partial charge >= 0.3 is 11.2 Å². The van der Waals surface area contributed by atoms with Gasteiger partial charge in [0, 0.05) is 11.3 Å². The van der Waals surface area contributed by atoms with Crippen LogP contribution in [0.15, 0.2) is 35.4 Å². The normalized spacial score (nSPS) is 10.1. The maximum atomic E-state index is 11.4. The van der Waals surface area contributed by atoms with E-state index in [2.05, 4.69) is 15.3 Å². The van der Waals surface area contributed by atoms with Gasteiger partial charge in [-0.3, -0.25) is 19.7 Å². The minimum absolute atomic E-state index is 0.137. The second kappa shape index (κ2) is 5.31. The Hall–Kier alpha value is -3.03. The first-order valence-electron chi connectivity index (χ1n) is 5.59. The summed E-state index contributed by atoms with van der Waals surface area (Å²) in [7, 11) is 0. The smallest absolute Gasteiger partial charge is 0.334 e. The van der Waals surface area contributed by atoms with E-state index in [1.165, 1.54) is 13.0 Å². The molecule has 0 unspecified atom stereocenters. The number of nitro groups is 1. The minimum atomic E-state index is -0.852. The van der Waals surface area contributed by atoms with Crippen LogP contribution < -0.4 is 10.9 Å². The number of rotatable bonds is 4. The van der Waals surface area contributed by atoms with Crippen LogP contribution in [0.5, 0.6) is 0 Å². The monoisotopic (exact) mass is 274 g/mol. The van der Waals surface area contributed by atoms with Gasteiger partial charge < -0.3 is 10.3 Å². The fourth-order valence-corrected chi connectivity index (χ4v) is 1.61. The molecule has 102 valence electrons. The summed E-state index contributed by atoms with van der Waals surface area (Å²) >= 11 is 0. The largest absolute Gasteiger partial charge is 0.376 e. The molecule has 0 aliphatic heterocycles. The Balaban J connectivity index is 2.43. The third-order valence-electron chi connectivity index (χ3n) is 2.54. The highest BCUT2D eigenvalue weighted by Gasteiger charge is 2.20. The summed E-state index contributed by atoms with van der Waals surface area (Å²) in [6.45, 7) is 1.41. The van der Waals surface area contributed by atoms with E-state index in [9.17, 15) is 19.7 Å². The molecule has 1 aromatic carbocycles. The van der Waals surface area contributed by atoms with Crippen LogP contribution in [-0.4, -0.2) is 20.7 Å². The lowest BCUT2D eigenvalue weighted by Crippen LogP contribution is -2.14.